The number of ether oxygens (including phenoxy) is 1. The summed E-state index contributed by atoms with van der Waals surface area (Å²) in [6, 6.07) is 0. The van der Waals surface area contributed by atoms with Gasteiger partial charge in [0.15, 0.2) is 0 Å². The smallest absolute Gasteiger partial charge is 0.331 e. The SMILES string of the molecule is CCC(CC)CCCC(C)CC=CC(C)=CC(=O)OC(C)C. The molecule has 128 valence electrons. The standard InChI is InChI=1S/C20H36O2/c1-7-19(8-2)14-10-12-17(5)11-9-13-18(6)15-20(21)22-16(3)4/h9,13,15-17,19H,7-8,10-12,14H2,1-6H3. The minimum Gasteiger partial charge on any atom is -0.460 e. The number of carbonyl (C=O) groups excluding carboxylic acids is 1. The van der Waals surface area contributed by atoms with Crippen LogP contribution in [-0.4, -0.2) is 12.1 Å². The molecule has 0 radical (unpaired) electrons. The molecule has 0 bridgehead atoms. The fraction of sp³-hybridized carbons (Fsp3) is 0.750. The van der Waals surface area contributed by atoms with Crippen LogP contribution in [0.15, 0.2) is 23.8 Å². The van der Waals surface area contributed by atoms with Gasteiger partial charge in [0.1, 0.15) is 0 Å². The van der Waals surface area contributed by atoms with Gasteiger partial charge in [0.25, 0.3) is 0 Å². The lowest BCUT2D eigenvalue weighted by Crippen LogP contribution is -2.08. The maximum Gasteiger partial charge on any atom is 0.331 e. The third-order valence-corrected chi connectivity index (χ3v) is 4.08. The van der Waals surface area contributed by atoms with E-state index in [0.29, 0.717) is 5.92 Å². The van der Waals surface area contributed by atoms with E-state index in [4.69, 9.17) is 4.74 Å². The molecule has 2 nitrogen and oxygen atoms in total. The van der Waals surface area contributed by atoms with Crippen molar-refractivity contribution in [3.05, 3.63) is 23.8 Å². The number of esters is 1. The Morgan fingerprint density at radius 2 is 1.73 bits per heavy atom. The van der Waals surface area contributed by atoms with Crippen molar-refractivity contribution in [2.45, 2.75) is 86.2 Å². The summed E-state index contributed by atoms with van der Waals surface area (Å²) in [4.78, 5) is 11.5. The number of hydrogen-bond donors (Lipinski definition) is 0. The second-order valence-electron chi connectivity index (χ2n) is 6.73. The summed E-state index contributed by atoms with van der Waals surface area (Å²) in [7, 11) is 0. The van der Waals surface area contributed by atoms with Gasteiger partial charge in [-0.1, -0.05) is 65.0 Å². The average Bonchev–Trinajstić information content (AvgIpc) is 2.42. The number of hydrogen-bond acceptors (Lipinski definition) is 2. The van der Waals surface area contributed by atoms with Gasteiger partial charge in [-0.05, 0) is 44.6 Å². The second-order valence-corrected chi connectivity index (χ2v) is 6.73. The molecule has 1 atom stereocenters. The van der Waals surface area contributed by atoms with Crippen LogP contribution in [0.1, 0.15) is 80.1 Å². The van der Waals surface area contributed by atoms with E-state index in [0.717, 1.165) is 17.9 Å². The Labute approximate surface area is 138 Å². The quantitative estimate of drug-likeness (QED) is 0.263. The molecule has 1 unspecified atom stereocenters. The molecule has 22 heavy (non-hydrogen) atoms. The topological polar surface area (TPSA) is 26.3 Å². The van der Waals surface area contributed by atoms with Gasteiger partial charge in [-0.2, -0.15) is 0 Å². The van der Waals surface area contributed by atoms with Crippen molar-refractivity contribution in [3.8, 4) is 0 Å². The van der Waals surface area contributed by atoms with E-state index in [9.17, 15) is 4.79 Å². The summed E-state index contributed by atoms with van der Waals surface area (Å²) in [5.41, 5.74) is 0.954. The van der Waals surface area contributed by atoms with Crippen molar-refractivity contribution < 1.29 is 9.53 Å². The van der Waals surface area contributed by atoms with Crippen molar-refractivity contribution in [1.29, 1.82) is 0 Å². The van der Waals surface area contributed by atoms with Crippen LogP contribution < -0.4 is 0 Å². The lowest BCUT2D eigenvalue weighted by Gasteiger charge is -2.13. The van der Waals surface area contributed by atoms with E-state index in [1.54, 1.807) is 6.08 Å². The van der Waals surface area contributed by atoms with Gasteiger partial charge in [-0.3, -0.25) is 0 Å². The summed E-state index contributed by atoms with van der Waals surface area (Å²) >= 11 is 0. The summed E-state index contributed by atoms with van der Waals surface area (Å²) < 4.78 is 5.10. The van der Waals surface area contributed by atoms with Crippen molar-refractivity contribution in [1.82, 2.24) is 0 Å². The fourth-order valence-corrected chi connectivity index (χ4v) is 2.56. The Morgan fingerprint density at radius 1 is 1.09 bits per heavy atom. The molecule has 0 aromatic carbocycles. The van der Waals surface area contributed by atoms with E-state index in [2.05, 4.69) is 26.8 Å². The molecule has 0 fully saturated rings. The Morgan fingerprint density at radius 3 is 2.27 bits per heavy atom. The summed E-state index contributed by atoms with van der Waals surface area (Å²) in [5.74, 6) is 1.36. The Balaban J connectivity index is 4.00. The Bertz CT molecular complexity index is 349. The van der Waals surface area contributed by atoms with Gasteiger partial charge in [0, 0.05) is 6.08 Å². The van der Waals surface area contributed by atoms with Gasteiger partial charge < -0.3 is 4.74 Å². The maximum absolute atomic E-state index is 11.5. The monoisotopic (exact) mass is 308 g/mol. The zero-order chi connectivity index (χ0) is 17.0. The maximum atomic E-state index is 11.5. The van der Waals surface area contributed by atoms with Crippen LogP contribution in [-0.2, 0) is 9.53 Å². The first-order valence-corrected chi connectivity index (χ1v) is 8.94. The molecule has 0 rings (SSSR count). The highest BCUT2D eigenvalue weighted by atomic mass is 16.5. The van der Waals surface area contributed by atoms with Crippen LogP contribution in [0.2, 0.25) is 0 Å². The molecule has 2 heteroatoms. The normalized spacial score (nSPS) is 14.1. The van der Waals surface area contributed by atoms with E-state index < -0.39 is 0 Å². The van der Waals surface area contributed by atoms with Crippen molar-refractivity contribution >= 4 is 5.97 Å². The zero-order valence-electron chi connectivity index (χ0n) is 15.5. The average molecular weight is 309 g/mol. The first kappa shape index (κ1) is 20.9. The summed E-state index contributed by atoms with van der Waals surface area (Å²) in [6.45, 7) is 12.6. The van der Waals surface area contributed by atoms with Crippen molar-refractivity contribution in [2.75, 3.05) is 0 Å². The molecule has 0 aliphatic rings. The highest BCUT2D eigenvalue weighted by Gasteiger charge is 2.05. The molecule has 0 saturated carbocycles. The molecule has 0 aromatic heterocycles. The van der Waals surface area contributed by atoms with E-state index in [-0.39, 0.29) is 12.1 Å². The first-order chi connectivity index (χ1) is 10.4. The molecule has 0 heterocycles. The van der Waals surface area contributed by atoms with Crippen LogP contribution in [0.3, 0.4) is 0 Å². The highest BCUT2D eigenvalue weighted by Crippen LogP contribution is 2.20. The van der Waals surface area contributed by atoms with Gasteiger partial charge in [0.2, 0.25) is 0 Å². The predicted molar refractivity (Wildman–Crippen MR) is 95.8 cm³/mol. The first-order valence-electron chi connectivity index (χ1n) is 8.94. The lowest BCUT2D eigenvalue weighted by molar-refractivity contribution is -0.141. The second kappa shape index (κ2) is 12.5. The van der Waals surface area contributed by atoms with E-state index in [1.165, 1.54) is 32.1 Å². The number of rotatable bonds is 11. The minimum atomic E-state index is -0.254. The van der Waals surface area contributed by atoms with Gasteiger partial charge in [-0.15, -0.1) is 0 Å². The van der Waals surface area contributed by atoms with Crippen LogP contribution in [0.4, 0.5) is 0 Å². The van der Waals surface area contributed by atoms with Crippen molar-refractivity contribution in [3.63, 3.8) is 0 Å². The van der Waals surface area contributed by atoms with Crippen LogP contribution in [0.25, 0.3) is 0 Å². The molecular formula is C20H36O2. The minimum absolute atomic E-state index is 0.0596. The van der Waals surface area contributed by atoms with E-state index in [1.807, 2.05) is 26.8 Å². The predicted octanol–water partition coefficient (Wildman–Crippen LogP) is 6.07. The third kappa shape index (κ3) is 11.6. The Hall–Kier alpha value is -1.05. The molecule has 0 spiro atoms. The van der Waals surface area contributed by atoms with Gasteiger partial charge in [0.05, 0.1) is 6.10 Å². The van der Waals surface area contributed by atoms with Gasteiger partial charge in [-0.25, -0.2) is 4.79 Å². The van der Waals surface area contributed by atoms with Crippen LogP contribution >= 0.6 is 0 Å². The summed E-state index contributed by atoms with van der Waals surface area (Å²) in [5, 5.41) is 0. The van der Waals surface area contributed by atoms with Crippen molar-refractivity contribution in [2.24, 2.45) is 11.8 Å². The molecule has 0 amide bonds. The molecule has 0 aliphatic carbocycles. The fourth-order valence-electron chi connectivity index (χ4n) is 2.56. The van der Waals surface area contributed by atoms with E-state index >= 15 is 0 Å². The third-order valence-electron chi connectivity index (χ3n) is 4.08. The molecule has 0 N–H and O–H groups in total. The molecular weight excluding hydrogens is 272 g/mol. The number of carbonyl (C=O) groups is 1. The zero-order valence-corrected chi connectivity index (χ0v) is 15.5. The Kier molecular flexibility index (Phi) is 11.9. The number of allylic oxidation sites excluding steroid dienone is 3. The highest BCUT2D eigenvalue weighted by molar-refractivity contribution is 5.83. The largest absolute Gasteiger partial charge is 0.460 e. The lowest BCUT2D eigenvalue weighted by atomic mass is 9.93. The summed E-state index contributed by atoms with van der Waals surface area (Å²) in [6.07, 6.45) is 13.4. The van der Waals surface area contributed by atoms with Crippen LogP contribution in [0.5, 0.6) is 0 Å². The molecule has 0 aliphatic heterocycles. The van der Waals surface area contributed by atoms with Gasteiger partial charge >= 0.3 is 5.97 Å². The van der Waals surface area contributed by atoms with Crippen LogP contribution in [0, 0.1) is 11.8 Å². The molecule has 0 aromatic rings. The molecule has 0 saturated heterocycles.